The van der Waals surface area contributed by atoms with E-state index in [1.807, 2.05) is 6.07 Å². The van der Waals surface area contributed by atoms with Crippen molar-refractivity contribution in [3.05, 3.63) is 34.1 Å². The summed E-state index contributed by atoms with van der Waals surface area (Å²) >= 11 is 3.33. The van der Waals surface area contributed by atoms with Crippen molar-refractivity contribution in [1.82, 2.24) is 5.32 Å². The molecule has 0 aliphatic rings. The van der Waals surface area contributed by atoms with E-state index in [0.717, 1.165) is 42.3 Å². The van der Waals surface area contributed by atoms with E-state index in [1.54, 1.807) is 6.07 Å². The predicted molar refractivity (Wildman–Crippen MR) is 79.4 cm³/mol. The Hall–Kier alpha value is -0.410. The first-order valence-electron chi connectivity index (χ1n) is 6.84. The second kappa shape index (κ2) is 8.65. The predicted octanol–water partition coefficient (Wildman–Crippen LogP) is 4.69. The average molecular weight is 316 g/mol. The van der Waals surface area contributed by atoms with Crippen molar-refractivity contribution in [1.29, 1.82) is 0 Å². The summed E-state index contributed by atoms with van der Waals surface area (Å²) < 4.78 is 14.0. The molecule has 0 aromatic heterocycles. The molecule has 0 fully saturated rings. The van der Waals surface area contributed by atoms with E-state index in [0.29, 0.717) is 6.04 Å². The maximum atomic E-state index is 13.2. The lowest BCUT2D eigenvalue weighted by Gasteiger charge is -2.16. The number of benzene rings is 1. The van der Waals surface area contributed by atoms with Gasteiger partial charge in [0.15, 0.2) is 0 Å². The van der Waals surface area contributed by atoms with Crippen molar-refractivity contribution < 1.29 is 4.39 Å². The van der Waals surface area contributed by atoms with E-state index >= 15 is 0 Å². The van der Waals surface area contributed by atoms with Crippen molar-refractivity contribution in [2.24, 2.45) is 0 Å². The normalized spacial score (nSPS) is 12.7. The third kappa shape index (κ3) is 5.96. The van der Waals surface area contributed by atoms with Crippen LogP contribution in [0.3, 0.4) is 0 Å². The molecule has 1 aromatic rings. The smallest absolute Gasteiger partial charge is 0.124 e. The van der Waals surface area contributed by atoms with Crippen LogP contribution in [0.1, 0.15) is 45.1 Å². The standard InChI is InChI=1S/C15H23BrFN/c1-3-8-18-15(4-2)7-5-6-12-9-13(16)11-14(17)10-12/h9-11,15,18H,3-8H2,1-2H3. The van der Waals surface area contributed by atoms with Crippen LogP contribution in [-0.2, 0) is 6.42 Å². The van der Waals surface area contributed by atoms with Crippen LogP contribution < -0.4 is 5.32 Å². The van der Waals surface area contributed by atoms with Gasteiger partial charge in [-0.2, -0.15) is 0 Å². The zero-order valence-corrected chi connectivity index (χ0v) is 12.9. The number of halogens is 2. The minimum absolute atomic E-state index is 0.157. The van der Waals surface area contributed by atoms with Crippen LogP contribution >= 0.6 is 15.9 Å². The van der Waals surface area contributed by atoms with E-state index in [9.17, 15) is 4.39 Å². The molecule has 0 saturated heterocycles. The molecule has 1 rings (SSSR count). The molecule has 102 valence electrons. The van der Waals surface area contributed by atoms with Gasteiger partial charge in [-0.3, -0.25) is 0 Å². The molecule has 1 nitrogen and oxygen atoms in total. The van der Waals surface area contributed by atoms with Crippen LogP contribution in [-0.4, -0.2) is 12.6 Å². The molecule has 1 aromatic carbocycles. The van der Waals surface area contributed by atoms with E-state index in [4.69, 9.17) is 0 Å². The number of aryl methyl sites for hydroxylation is 1. The molecule has 18 heavy (non-hydrogen) atoms. The summed E-state index contributed by atoms with van der Waals surface area (Å²) in [7, 11) is 0. The van der Waals surface area contributed by atoms with Crippen LogP contribution in [0.2, 0.25) is 0 Å². The van der Waals surface area contributed by atoms with Gasteiger partial charge in [0.25, 0.3) is 0 Å². The number of nitrogens with one attached hydrogen (secondary N) is 1. The quantitative estimate of drug-likeness (QED) is 0.734. The lowest BCUT2D eigenvalue weighted by atomic mass is 10.0. The van der Waals surface area contributed by atoms with Gasteiger partial charge in [0.05, 0.1) is 0 Å². The lowest BCUT2D eigenvalue weighted by Crippen LogP contribution is -2.29. The van der Waals surface area contributed by atoms with Crippen LogP contribution in [0.5, 0.6) is 0 Å². The Morgan fingerprint density at radius 1 is 1.28 bits per heavy atom. The molecule has 1 atom stereocenters. The third-order valence-corrected chi connectivity index (χ3v) is 3.57. The minimum atomic E-state index is -0.157. The van der Waals surface area contributed by atoms with E-state index in [2.05, 4.69) is 35.1 Å². The molecule has 0 heterocycles. The largest absolute Gasteiger partial charge is 0.314 e. The zero-order valence-electron chi connectivity index (χ0n) is 11.3. The van der Waals surface area contributed by atoms with Crippen molar-refractivity contribution >= 4 is 15.9 Å². The highest BCUT2D eigenvalue weighted by Crippen LogP contribution is 2.17. The molecule has 0 spiro atoms. The fraction of sp³-hybridized carbons (Fsp3) is 0.600. The fourth-order valence-corrected chi connectivity index (χ4v) is 2.62. The first kappa shape index (κ1) is 15.6. The topological polar surface area (TPSA) is 12.0 Å². The van der Waals surface area contributed by atoms with Gasteiger partial charge in [-0.15, -0.1) is 0 Å². The van der Waals surface area contributed by atoms with Gasteiger partial charge in [-0.25, -0.2) is 4.39 Å². The summed E-state index contributed by atoms with van der Waals surface area (Å²) in [5, 5.41) is 3.54. The average Bonchev–Trinajstić information content (AvgIpc) is 2.32. The van der Waals surface area contributed by atoms with Crippen molar-refractivity contribution in [3.63, 3.8) is 0 Å². The molecular weight excluding hydrogens is 293 g/mol. The number of hydrogen-bond acceptors (Lipinski definition) is 1. The third-order valence-electron chi connectivity index (χ3n) is 3.12. The fourth-order valence-electron chi connectivity index (χ4n) is 2.11. The summed E-state index contributed by atoms with van der Waals surface area (Å²) in [5.74, 6) is -0.157. The summed E-state index contributed by atoms with van der Waals surface area (Å²) in [6, 6.07) is 5.73. The highest BCUT2D eigenvalue weighted by Gasteiger charge is 2.05. The maximum Gasteiger partial charge on any atom is 0.124 e. The van der Waals surface area contributed by atoms with Gasteiger partial charge < -0.3 is 5.32 Å². The first-order valence-corrected chi connectivity index (χ1v) is 7.63. The van der Waals surface area contributed by atoms with Crippen molar-refractivity contribution in [3.8, 4) is 0 Å². The molecule has 0 aliphatic carbocycles. The Morgan fingerprint density at radius 3 is 2.67 bits per heavy atom. The Balaban J connectivity index is 2.35. The highest BCUT2D eigenvalue weighted by atomic mass is 79.9. The maximum absolute atomic E-state index is 13.2. The monoisotopic (exact) mass is 315 g/mol. The molecule has 0 saturated carbocycles. The molecule has 0 aliphatic heterocycles. The molecule has 3 heteroatoms. The molecule has 0 bridgehead atoms. The second-order valence-corrected chi connectivity index (χ2v) is 5.64. The number of rotatable bonds is 8. The molecule has 0 amide bonds. The van der Waals surface area contributed by atoms with Crippen molar-refractivity contribution in [2.45, 2.75) is 52.0 Å². The minimum Gasteiger partial charge on any atom is -0.314 e. The van der Waals surface area contributed by atoms with Gasteiger partial charge in [0.1, 0.15) is 5.82 Å². The molecule has 1 unspecified atom stereocenters. The summed E-state index contributed by atoms with van der Waals surface area (Å²) in [6.07, 6.45) is 5.54. The van der Waals surface area contributed by atoms with Gasteiger partial charge >= 0.3 is 0 Å². The Morgan fingerprint density at radius 2 is 2.06 bits per heavy atom. The van der Waals surface area contributed by atoms with Crippen LogP contribution in [0.4, 0.5) is 4.39 Å². The summed E-state index contributed by atoms with van der Waals surface area (Å²) in [4.78, 5) is 0. The van der Waals surface area contributed by atoms with Crippen LogP contribution in [0, 0.1) is 5.82 Å². The van der Waals surface area contributed by atoms with Crippen LogP contribution in [0.15, 0.2) is 22.7 Å². The van der Waals surface area contributed by atoms with E-state index < -0.39 is 0 Å². The van der Waals surface area contributed by atoms with E-state index in [1.165, 1.54) is 12.5 Å². The van der Waals surface area contributed by atoms with Gasteiger partial charge in [-0.1, -0.05) is 29.8 Å². The summed E-state index contributed by atoms with van der Waals surface area (Å²) in [5.41, 5.74) is 1.08. The Labute approximate surface area is 118 Å². The van der Waals surface area contributed by atoms with Crippen molar-refractivity contribution in [2.75, 3.05) is 6.54 Å². The van der Waals surface area contributed by atoms with Gasteiger partial charge in [0, 0.05) is 10.5 Å². The Bertz CT molecular complexity index is 334. The number of hydrogen-bond donors (Lipinski definition) is 1. The first-order chi connectivity index (χ1) is 8.65. The zero-order chi connectivity index (χ0) is 13.4. The SMILES string of the molecule is CCCNC(CC)CCCc1cc(F)cc(Br)c1. The lowest BCUT2D eigenvalue weighted by molar-refractivity contribution is 0.455. The van der Waals surface area contributed by atoms with Gasteiger partial charge in [0.2, 0.25) is 0 Å². The molecule has 1 N–H and O–H groups in total. The molecular formula is C15H23BrFN. The van der Waals surface area contributed by atoms with Crippen LogP contribution in [0.25, 0.3) is 0 Å². The summed E-state index contributed by atoms with van der Waals surface area (Å²) in [6.45, 7) is 5.49. The highest BCUT2D eigenvalue weighted by molar-refractivity contribution is 9.10. The Kier molecular flexibility index (Phi) is 7.52. The molecule has 0 radical (unpaired) electrons. The van der Waals surface area contributed by atoms with E-state index in [-0.39, 0.29) is 5.82 Å². The second-order valence-electron chi connectivity index (χ2n) is 4.73. The van der Waals surface area contributed by atoms with Gasteiger partial charge in [-0.05, 0) is 62.4 Å².